The second-order valence-corrected chi connectivity index (χ2v) is 8.60. The van der Waals surface area contributed by atoms with Crippen LogP contribution < -0.4 is 0 Å². The number of nitrogens with zero attached hydrogens (tertiary/aromatic N) is 2. The van der Waals surface area contributed by atoms with Crippen LogP contribution in [0.2, 0.25) is 0 Å². The molecule has 2 heterocycles. The summed E-state index contributed by atoms with van der Waals surface area (Å²) in [4.78, 5) is 4.47. The van der Waals surface area contributed by atoms with Gasteiger partial charge in [0.15, 0.2) is 0 Å². The lowest BCUT2D eigenvalue weighted by atomic mass is 10.4. The van der Waals surface area contributed by atoms with Gasteiger partial charge in [-0.15, -0.1) is 0 Å². The van der Waals surface area contributed by atoms with Gasteiger partial charge in [0, 0.05) is 13.2 Å². The van der Waals surface area contributed by atoms with Crippen molar-refractivity contribution in [2.75, 3.05) is 17.3 Å². The van der Waals surface area contributed by atoms with Gasteiger partial charge in [-0.2, -0.15) is 0 Å². The first-order valence-corrected chi connectivity index (χ1v) is 8.49. The summed E-state index contributed by atoms with van der Waals surface area (Å²) in [7, 11) is 1.52. The summed E-state index contributed by atoms with van der Waals surface area (Å²) in [6.07, 6.45) is 1.88. The Morgan fingerprint density at radius 1 is 1.18 bits per heavy atom. The molecule has 2 nitrogen and oxygen atoms in total. The topological polar surface area (TPSA) is 17.8 Å². The Balaban J connectivity index is 2.65. The highest BCUT2D eigenvalue weighted by atomic mass is 32.3. The lowest BCUT2D eigenvalue weighted by molar-refractivity contribution is 0.851. The molecule has 0 saturated heterocycles. The number of hydrogen-bond acceptors (Lipinski definition) is 1. The van der Waals surface area contributed by atoms with Crippen LogP contribution in [-0.4, -0.2) is 26.8 Å². The Hall–Kier alpha value is -0.960. The fraction of sp³-hybridized carbons (Fsp3) is 0.500. The smallest absolute Gasteiger partial charge is 0.0892 e. The van der Waals surface area contributed by atoms with Crippen LogP contribution in [0.4, 0.5) is 0 Å². The largest absolute Gasteiger partial charge is 0.339 e. The van der Waals surface area contributed by atoms with Crippen LogP contribution in [0, 0.1) is 0 Å². The maximum atomic E-state index is 4.47. The number of aryl methyl sites for hydroxylation is 1. The maximum absolute atomic E-state index is 4.47. The molecule has 0 aliphatic rings. The van der Waals surface area contributed by atoms with Crippen molar-refractivity contribution in [1.29, 1.82) is 0 Å². The van der Waals surface area contributed by atoms with Gasteiger partial charge in [-0.25, -0.2) is 10.0 Å². The molecule has 17 heavy (non-hydrogen) atoms. The van der Waals surface area contributed by atoms with Gasteiger partial charge in [0.25, 0.3) is 0 Å². The van der Waals surface area contributed by atoms with Crippen LogP contribution in [0.25, 0.3) is 11.0 Å². The zero-order valence-corrected chi connectivity index (χ0v) is 12.0. The van der Waals surface area contributed by atoms with Crippen molar-refractivity contribution in [1.82, 2.24) is 9.55 Å². The van der Waals surface area contributed by atoms with Crippen molar-refractivity contribution in [3.8, 4) is 0 Å². The predicted molar refractivity (Wildman–Crippen MR) is 78.2 cm³/mol. The van der Waals surface area contributed by atoms with E-state index in [1.807, 2.05) is 12.3 Å². The third kappa shape index (κ3) is 1.86. The maximum Gasteiger partial charge on any atom is 0.0892 e. The first-order chi connectivity index (χ1) is 8.18. The molecule has 0 amide bonds. The second-order valence-electron chi connectivity index (χ2n) is 4.36. The van der Waals surface area contributed by atoms with Crippen LogP contribution in [0.5, 0.6) is 0 Å². The zero-order chi connectivity index (χ0) is 12.5. The first-order valence-electron chi connectivity index (χ1n) is 6.35. The predicted octanol–water partition coefficient (Wildman–Crippen LogP) is 3.80. The molecule has 2 aromatic rings. The van der Waals surface area contributed by atoms with Gasteiger partial charge in [-0.05, 0) is 35.5 Å². The normalized spacial score (nSPS) is 13.2. The fourth-order valence-electron chi connectivity index (χ4n) is 2.61. The van der Waals surface area contributed by atoms with Crippen molar-refractivity contribution in [3.05, 3.63) is 24.4 Å². The van der Waals surface area contributed by atoms with E-state index < -0.39 is 10.0 Å². The van der Waals surface area contributed by atoms with Crippen molar-refractivity contribution >= 4 is 21.1 Å². The first kappa shape index (κ1) is 12.5. The molecule has 2 aromatic heterocycles. The van der Waals surface area contributed by atoms with Gasteiger partial charge in [-0.3, -0.25) is 4.98 Å². The molecule has 0 spiro atoms. The van der Waals surface area contributed by atoms with Crippen LogP contribution >= 0.6 is 10.0 Å². The monoisotopic (exact) mass is 250 g/mol. The Morgan fingerprint density at radius 2 is 1.82 bits per heavy atom. The summed E-state index contributed by atoms with van der Waals surface area (Å²) in [5.41, 5.74) is 2.40. The fourth-order valence-corrected chi connectivity index (χ4v) is 5.76. The van der Waals surface area contributed by atoms with E-state index in [-0.39, 0.29) is 0 Å². The third-order valence-electron chi connectivity index (χ3n) is 3.87. The molecule has 0 atom stereocenters. The Bertz CT molecular complexity index is 504. The van der Waals surface area contributed by atoms with Gasteiger partial charge in [0.1, 0.15) is 0 Å². The SMILES string of the molecule is CCS(CC)(CC)c1cc2ncccc2n1C. The quantitative estimate of drug-likeness (QED) is 0.807. The van der Waals surface area contributed by atoms with Crippen molar-refractivity contribution in [3.63, 3.8) is 0 Å². The molecule has 94 valence electrons. The van der Waals surface area contributed by atoms with E-state index in [0.717, 1.165) is 5.52 Å². The zero-order valence-electron chi connectivity index (χ0n) is 11.2. The molecule has 0 bridgehead atoms. The second kappa shape index (κ2) is 4.73. The molecule has 0 N–H and O–H groups in total. The molecule has 0 radical (unpaired) electrons. The highest BCUT2D eigenvalue weighted by molar-refractivity contribution is 8.33. The Morgan fingerprint density at radius 3 is 2.35 bits per heavy atom. The molecule has 3 heteroatoms. The van der Waals surface area contributed by atoms with Gasteiger partial charge < -0.3 is 4.57 Å². The van der Waals surface area contributed by atoms with Gasteiger partial charge in [-0.1, -0.05) is 20.8 Å². The molecule has 0 fully saturated rings. The summed E-state index contributed by atoms with van der Waals surface area (Å²) >= 11 is 0. The van der Waals surface area contributed by atoms with Crippen LogP contribution in [-0.2, 0) is 7.05 Å². The van der Waals surface area contributed by atoms with E-state index in [2.05, 4.69) is 49.5 Å². The van der Waals surface area contributed by atoms with Gasteiger partial charge in [0.2, 0.25) is 0 Å². The average molecular weight is 250 g/mol. The minimum absolute atomic E-state index is 0.658. The number of fused-ring (bicyclic) bond motifs is 1. The lowest BCUT2D eigenvalue weighted by Crippen LogP contribution is -2.12. The highest BCUT2D eigenvalue weighted by Gasteiger charge is 2.24. The van der Waals surface area contributed by atoms with Crippen LogP contribution in [0.15, 0.2) is 29.4 Å². The summed E-state index contributed by atoms with van der Waals surface area (Å²) < 4.78 is 2.36. The minimum Gasteiger partial charge on any atom is -0.339 e. The number of rotatable bonds is 4. The highest BCUT2D eigenvalue weighted by Crippen LogP contribution is 2.55. The molecular formula is C14H22N2S. The van der Waals surface area contributed by atoms with Gasteiger partial charge >= 0.3 is 0 Å². The summed E-state index contributed by atoms with van der Waals surface area (Å²) in [6, 6.07) is 6.49. The Kier molecular flexibility index (Phi) is 3.48. The summed E-state index contributed by atoms with van der Waals surface area (Å²) in [5.74, 6) is 3.80. The van der Waals surface area contributed by atoms with Gasteiger partial charge in [0.05, 0.1) is 16.1 Å². The Labute approximate surface area is 105 Å². The number of pyridine rings is 1. The lowest BCUT2D eigenvalue weighted by Gasteiger charge is -2.37. The molecule has 2 rings (SSSR count). The molecule has 0 aliphatic heterocycles. The van der Waals surface area contributed by atoms with E-state index in [1.54, 1.807) is 0 Å². The van der Waals surface area contributed by atoms with E-state index in [1.165, 1.54) is 27.8 Å². The van der Waals surface area contributed by atoms with Crippen molar-refractivity contribution in [2.45, 2.75) is 25.8 Å². The molecule has 0 aliphatic carbocycles. The van der Waals surface area contributed by atoms with E-state index in [4.69, 9.17) is 0 Å². The minimum atomic E-state index is -0.658. The number of aromatic nitrogens is 2. The third-order valence-corrected chi connectivity index (χ3v) is 8.46. The molecule has 0 unspecified atom stereocenters. The summed E-state index contributed by atoms with van der Waals surface area (Å²) in [6.45, 7) is 6.98. The number of hydrogen-bond donors (Lipinski definition) is 0. The van der Waals surface area contributed by atoms with Crippen molar-refractivity contribution in [2.24, 2.45) is 7.05 Å². The average Bonchev–Trinajstić information content (AvgIpc) is 2.72. The van der Waals surface area contributed by atoms with Crippen molar-refractivity contribution < 1.29 is 0 Å². The standard InChI is InChI=1S/C14H22N2S/c1-5-17(6-2,7-3)14-11-12-13(16(14)4)9-8-10-15-12/h8-11H,5-7H2,1-4H3. The van der Waals surface area contributed by atoms with E-state index >= 15 is 0 Å². The van der Waals surface area contributed by atoms with Crippen LogP contribution in [0.3, 0.4) is 0 Å². The van der Waals surface area contributed by atoms with E-state index in [0.29, 0.717) is 0 Å². The molecule has 0 aromatic carbocycles. The van der Waals surface area contributed by atoms with Crippen LogP contribution in [0.1, 0.15) is 20.8 Å². The molecular weight excluding hydrogens is 228 g/mol. The molecule has 0 saturated carbocycles. The van der Waals surface area contributed by atoms with E-state index in [9.17, 15) is 0 Å². The summed E-state index contributed by atoms with van der Waals surface area (Å²) in [5, 5.41) is 1.51.